The van der Waals surface area contributed by atoms with Gasteiger partial charge in [-0.25, -0.2) is 0 Å². The first-order chi connectivity index (χ1) is 13.0. The molecule has 1 saturated heterocycles. The first-order valence-corrected chi connectivity index (χ1v) is 9.61. The zero-order chi connectivity index (χ0) is 19.0. The Kier molecular flexibility index (Phi) is 4.94. The van der Waals surface area contributed by atoms with Gasteiger partial charge in [0, 0.05) is 30.7 Å². The summed E-state index contributed by atoms with van der Waals surface area (Å²) < 4.78 is 0. The van der Waals surface area contributed by atoms with Crippen molar-refractivity contribution in [3.8, 4) is 16.9 Å². The maximum atomic E-state index is 9.69. The van der Waals surface area contributed by atoms with Gasteiger partial charge in [-0.1, -0.05) is 23.7 Å². The van der Waals surface area contributed by atoms with Gasteiger partial charge < -0.3 is 14.9 Å². The lowest BCUT2D eigenvalue weighted by atomic mass is 10.00. The molecule has 1 fully saturated rings. The lowest BCUT2D eigenvalue weighted by Crippen LogP contribution is -2.42. The second kappa shape index (κ2) is 7.37. The van der Waals surface area contributed by atoms with Crippen LogP contribution in [-0.4, -0.2) is 48.2 Å². The summed E-state index contributed by atoms with van der Waals surface area (Å²) in [7, 11) is 4.34. The Bertz CT molecular complexity index is 967. The average Bonchev–Trinajstić information content (AvgIpc) is 2.69. The van der Waals surface area contributed by atoms with Crippen LogP contribution in [0.15, 0.2) is 42.6 Å². The topological polar surface area (TPSA) is 39.6 Å². The number of phenols is 1. The number of anilines is 1. The third kappa shape index (κ3) is 3.60. The highest BCUT2D eigenvalue weighted by Crippen LogP contribution is 2.34. The summed E-state index contributed by atoms with van der Waals surface area (Å²) >= 11 is 6.10. The Morgan fingerprint density at radius 1 is 1.15 bits per heavy atom. The van der Waals surface area contributed by atoms with Crippen LogP contribution in [0.1, 0.15) is 12.8 Å². The normalized spacial score (nSPS) is 16.0. The van der Waals surface area contributed by atoms with E-state index in [9.17, 15) is 5.11 Å². The summed E-state index contributed by atoms with van der Waals surface area (Å²) in [6.07, 6.45) is 4.07. The van der Waals surface area contributed by atoms with Gasteiger partial charge in [0.2, 0.25) is 0 Å². The van der Waals surface area contributed by atoms with E-state index in [-0.39, 0.29) is 5.75 Å². The highest BCUT2D eigenvalue weighted by atomic mass is 35.5. The molecule has 0 amide bonds. The predicted octanol–water partition coefficient (Wildman–Crippen LogP) is 4.59. The minimum atomic E-state index is 0.0962. The zero-order valence-corrected chi connectivity index (χ0v) is 16.4. The number of benzene rings is 2. The molecule has 1 N–H and O–H groups in total. The van der Waals surface area contributed by atoms with Crippen molar-refractivity contribution in [2.45, 2.75) is 18.9 Å². The Balaban J connectivity index is 1.74. The van der Waals surface area contributed by atoms with Crippen LogP contribution < -0.4 is 4.90 Å². The maximum absolute atomic E-state index is 9.69. The van der Waals surface area contributed by atoms with Crippen LogP contribution in [0.4, 0.5) is 5.69 Å². The van der Waals surface area contributed by atoms with Crippen LogP contribution in [0.25, 0.3) is 22.0 Å². The molecule has 0 atom stereocenters. The smallest absolute Gasteiger partial charge is 0.134 e. The van der Waals surface area contributed by atoms with Crippen LogP contribution in [0.2, 0.25) is 5.02 Å². The zero-order valence-electron chi connectivity index (χ0n) is 15.6. The molecule has 4 rings (SSSR count). The highest BCUT2D eigenvalue weighted by molar-refractivity contribution is 6.32. The van der Waals surface area contributed by atoms with Crippen molar-refractivity contribution in [2.24, 2.45) is 0 Å². The largest absolute Gasteiger partial charge is 0.506 e. The van der Waals surface area contributed by atoms with E-state index < -0.39 is 0 Å². The number of pyridine rings is 1. The molecule has 2 aromatic carbocycles. The number of aromatic hydroxyl groups is 1. The molecule has 4 nitrogen and oxygen atoms in total. The SMILES string of the molecule is CN1CCC(N(C)c2[c]cnc3ccc(-c4ccc(O)c(Cl)c4)cc23)CC1. The lowest BCUT2D eigenvalue weighted by Gasteiger charge is -2.36. The first-order valence-electron chi connectivity index (χ1n) is 9.23. The van der Waals surface area contributed by atoms with Gasteiger partial charge in [-0.2, -0.15) is 0 Å². The summed E-state index contributed by atoms with van der Waals surface area (Å²) in [5.41, 5.74) is 4.05. The maximum Gasteiger partial charge on any atom is 0.134 e. The van der Waals surface area contributed by atoms with E-state index in [1.54, 1.807) is 18.3 Å². The van der Waals surface area contributed by atoms with Crippen molar-refractivity contribution < 1.29 is 5.11 Å². The number of halogens is 1. The lowest BCUT2D eigenvalue weighted by molar-refractivity contribution is 0.253. The molecule has 0 spiro atoms. The number of likely N-dealkylation sites (tertiary alicyclic amines) is 1. The fraction of sp³-hybridized carbons (Fsp3) is 0.318. The van der Waals surface area contributed by atoms with Crippen molar-refractivity contribution in [3.05, 3.63) is 53.7 Å². The molecule has 3 aromatic rings. The van der Waals surface area contributed by atoms with E-state index in [0.717, 1.165) is 53.6 Å². The second-order valence-electron chi connectivity index (χ2n) is 7.29. The number of aromatic nitrogens is 1. The van der Waals surface area contributed by atoms with Crippen LogP contribution in [0.3, 0.4) is 0 Å². The molecular weight excluding hydrogens is 358 g/mol. The van der Waals surface area contributed by atoms with Crippen molar-refractivity contribution in [1.82, 2.24) is 9.88 Å². The van der Waals surface area contributed by atoms with Gasteiger partial charge in [0.1, 0.15) is 5.75 Å². The van der Waals surface area contributed by atoms with E-state index in [2.05, 4.69) is 41.0 Å². The minimum absolute atomic E-state index is 0.0962. The van der Waals surface area contributed by atoms with Gasteiger partial charge in [-0.3, -0.25) is 4.98 Å². The number of piperidine rings is 1. The summed E-state index contributed by atoms with van der Waals surface area (Å²) in [6, 6.07) is 15.4. The predicted molar refractivity (Wildman–Crippen MR) is 112 cm³/mol. The van der Waals surface area contributed by atoms with E-state index in [1.165, 1.54) is 0 Å². The van der Waals surface area contributed by atoms with Gasteiger partial charge in [0.25, 0.3) is 0 Å². The Labute approximate surface area is 165 Å². The molecule has 5 heteroatoms. The number of hydrogen-bond acceptors (Lipinski definition) is 4. The second-order valence-corrected chi connectivity index (χ2v) is 7.70. The molecular formula is C22H23ClN3O. The number of fused-ring (bicyclic) bond motifs is 1. The molecule has 0 unspecified atom stereocenters. The van der Waals surface area contributed by atoms with Crippen molar-refractivity contribution in [2.75, 3.05) is 32.1 Å². The molecule has 1 aliphatic heterocycles. The fourth-order valence-corrected chi connectivity index (χ4v) is 3.98. The summed E-state index contributed by atoms with van der Waals surface area (Å²) in [6.45, 7) is 2.24. The van der Waals surface area contributed by atoms with Crippen LogP contribution in [0, 0.1) is 6.07 Å². The van der Waals surface area contributed by atoms with Gasteiger partial charge >= 0.3 is 0 Å². The van der Waals surface area contributed by atoms with E-state index >= 15 is 0 Å². The standard InChI is InChI=1S/C22H23ClN3O/c1-25-11-8-17(9-12-25)26(2)21-7-10-24-20-5-3-15(13-18(20)21)16-4-6-22(27)19(23)14-16/h3-6,10,13-14,17,27H,8-9,11-12H2,1-2H3. The summed E-state index contributed by atoms with van der Waals surface area (Å²) in [5.74, 6) is 0.0962. The number of phenolic OH excluding ortho intramolecular Hbond substituents is 1. The van der Waals surface area contributed by atoms with Gasteiger partial charge in [0.15, 0.2) is 0 Å². The molecule has 1 aliphatic rings. The first kappa shape index (κ1) is 18.1. The summed E-state index contributed by atoms with van der Waals surface area (Å²) in [5, 5.41) is 11.1. The quantitative estimate of drug-likeness (QED) is 0.721. The molecule has 1 radical (unpaired) electrons. The molecule has 139 valence electrons. The molecule has 2 heterocycles. The Morgan fingerprint density at radius 2 is 1.85 bits per heavy atom. The summed E-state index contributed by atoms with van der Waals surface area (Å²) in [4.78, 5) is 9.22. The van der Waals surface area contributed by atoms with Crippen LogP contribution in [-0.2, 0) is 0 Å². The number of hydrogen-bond donors (Lipinski definition) is 1. The molecule has 0 saturated carbocycles. The number of nitrogens with zero attached hydrogens (tertiary/aromatic N) is 3. The van der Waals surface area contributed by atoms with Crippen LogP contribution >= 0.6 is 11.6 Å². The molecule has 1 aromatic heterocycles. The van der Waals surface area contributed by atoms with Crippen molar-refractivity contribution in [3.63, 3.8) is 0 Å². The molecule has 27 heavy (non-hydrogen) atoms. The average molecular weight is 381 g/mol. The van der Waals surface area contributed by atoms with Gasteiger partial charge in [-0.05, 0) is 68.4 Å². The highest BCUT2D eigenvalue weighted by Gasteiger charge is 2.22. The minimum Gasteiger partial charge on any atom is -0.506 e. The molecule has 0 aliphatic carbocycles. The van der Waals surface area contributed by atoms with Gasteiger partial charge in [0.05, 0.1) is 16.2 Å². The Morgan fingerprint density at radius 3 is 2.59 bits per heavy atom. The van der Waals surface area contributed by atoms with Gasteiger partial charge in [-0.15, -0.1) is 0 Å². The third-order valence-corrected chi connectivity index (χ3v) is 5.83. The molecule has 0 bridgehead atoms. The van der Waals surface area contributed by atoms with E-state index in [4.69, 9.17) is 11.6 Å². The van der Waals surface area contributed by atoms with Crippen molar-refractivity contribution >= 4 is 28.2 Å². The van der Waals surface area contributed by atoms with E-state index in [0.29, 0.717) is 11.1 Å². The monoisotopic (exact) mass is 380 g/mol. The fourth-order valence-electron chi connectivity index (χ4n) is 3.80. The van der Waals surface area contributed by atoms with Crippen molar-refractivity contribution in [1.29, 1.82) is 0 Å². The Hall–Kier alpha value is -2.30. The van der Waals surface area contributed by atoms with Crippen LogP contribution in [0.5, 0.6) is 5.75 Å². The van der Waals surface area contributed by atoms with E-state index in [1.807, 2.05) is 18.2 Å². The number of rotatable bonds is 3. The third-order valence-electron chi connectivity index (χ3n) is 5.53.